The van der Waals surface area contributed by atoms with Gasteiger partial charge in [0.05, 0.1) is 18.1 Å². The van der Waals surface area contributed by atoms with E-state index in [0.29, 0.717) is 24.7 Å². The fourth-order valence-electron chi connectivity index (χ4n) is 11.4. The van der Waals surface area contributed by atoms with E-state index in [9.17, 15) is 14.7 Å². The van der Waals surface area contributed by atoms with Crippen LogP contribution in [0.15, 0.2) is 40.4 Å². The van der Waals surface area contributed by atoms with E-state index in [-0.39, 0.29) is 45.0 Å². The number of ether oxygens (including phenoxy) is 1. The van der Waals surface area contributed by atoms with Crippen LogP contribution < -0.4 is 0 Å². The van der Waals surface area contributed by atoms with Crippen molar-refractivity contribution in [2.24, 2.45) is 50.2 Å². The third kappa shape index (κ3) is 4.21. The average molecular weight is 640 g/mol. The number of hydrogen-bond acceptors (Lipinski definition) is 3. The molecular formula is C37H51BrO4. The normalized spacial score (nSPS) is 46.0. The van der Waals surface area contributed by atoms with Gasteiger partial charge in [-0.2, -0.15) is 0 Å². The Bertz CT molecular complexity index is 1320. The smallest absolute Gasteiger partial charge is 0.309 e. The molecule has 0 bridgehead atoms. The first kappa shape index (κ1) is 30.6. The van der Waals surface area contributed by atoms with Crippen LogP contribution in [0.3, 0.4) is 0 Å². The molecule has 9 atom stereocenters. The summed E-state index contributed by atoms with van der Waals surface area (Å²) in [6.45, 7) is 17.0. The van der Waals surface area contributed by atoms with E-state index in [4.69, 9.17) is 4.74 Å². The van der Waals surface area contributed by atoms with Crippen LogP contribution in [-0.2, 0) is 20.9 Å². The van der Waals surface area contributed by atoms with E-state index >= 15 is 0 Å². The van der Waals surface area contributed by atoms with E-state index in [1.807, 2.05) is 6.92 Å². The Hall–Kier alpha value is -1.46. The number of rotatable bonds is 4. The summed E-state index contributed by atoms with van der Waals surface area (Å²) in [4.78, 5) is 26.9. The first-order valence-electron chi connectivity index (χ1n) is 16.4. The SMILES string of the molecule is CC1(C)[C@@H](OCc2ccc(Br)cc2)CC[C@]2(C)[C@H]3C(=O)C=C4[C@@H]5C[C@@](C)(C(=O)O)CC[C@]5(C)CC[C@@]4(C)[C@]3(C)CC[C@@H]12. The summed E-state index contributed by atoms with van der Waals surface area (Å²) in [5.41, 5.74) is 1.52. The molecule has 0 unspecified atom stereocenters. The molecule has 0 aliphatic heterocycles. The number of hydrogen-bond donors (Lipinski definition) is 1. The van der Waals surface area contributed by atoms with Crippen molar-refractivity contribution >= 4 is 27.7 Å². The van der Waals surface area contributed by atoms with Gasteiger partial charge in [0.1, 0.15) is 0 Å². The Morgan fingerprint density at radius 1 is 0.929 bits per heavy atom. The standard InChI is InChI=1S/C37H51BrO4/c1-32(2)28-12-15-37(7)30(35(28,5)14-13-29(32)42-22-23-8-10-24(38)11-9-23)27(39)20-25-26-21-34(4,31(40)41)17-16-33(26,3)18-19-36(25,37)6/h8-11,20,26,28-30H,12-19,21-22H2,1-7H3,(H,40,41)/t26-,28-,29-,30+,33+,34-,35-,36+,37+/m0/s1. The Kier molecular flexibility index (Phi) is 7.11. The molecule has 1 aromatic carbocycles. The number of allylic oxidation sites excluding steroid dienone is 2. The maximum atomic E-state index is 14.6. The van der Waals surface area contributed by atoms with Gasteiger partial charge in [0.2, 0.25) is 0 Å². The molecule has 0 radical (unpaired) electrons. The number of aliphatic carboxylic acids is 1. The predicted octanol–water partition coefficient (Wildman–Crippen LogP) is 9.40. The highest BCUT2D eigenvalue weighted by molar-refractivity contribution is 9.10. The van der Waals surface area contributed by atoms with Gasteiger partial charge in [-0.25, -0.2) is 0 Å². The van der Waals surface area contributed by atoms with Crippen molar-refractivity contribution in [3.63, 3.8) is 0 Å². The van der Waals surface area contributed by atoms with Crippen LogP contribution in [-0.4, -0.2) is 23.0 Å². The number of fused-ring (bicyclic) bond motifs is 7. The summed E-state index contributed by atoms with van der Waals surface area (Å²) < 4.78 is 7.74. The Morgan fingerprint density at radius 2 is 1.60 bits per heavy atom. The molecule has 4 nitrogen and oxygen atoms in total. The van der Waals surface area contributed by atoms with Crippen LogP contribution >= 0.6 is 15.9 Å². The Labute approximate surface area is 261 Å². The van der Waals surface area contributed by atoms with E-state index < -0.39 is 11.4 Å². The minimum absolute atomic E-state index is 0.0111. The second kappa shape index (κ2) is 9.77. The number of benzene rings is 1. The van der Waals surface area contributed by atoms with Crippen molar-refractivity contribution in [3.8, 4) is 0 Å². The molecule has 4 fully saturated rings. The van der Waals surface area contributed by atoms with Gasteiger partial charge in [-0.3, -0.25) is 9.59 Å². The van der Waals surface area contributed by atoms with Crippen LogP contribution in [0.2, 0.25) is 0 Å². The lowest BCUT2D eigenvalue weighted by atomic mass is 9.33. The molecule has 42 heavy (non-hydrogen) atoms. The topological polar surface area (TPSA) is 63.6 Å². The molecule has 0 spiro atoms. The summed E-state index contributed by atoms with van der Waals surface area (Å²) >= 11 is 3.53. The summed E-state index contributed by atoms with van der Waals surface area (Å²) in [7, 11) is 0. The maximum Gasteiger partial charge on any atom is 0.309 e. The highest BCUT2D eigenvalue weighted by atomic mass is 79.9. The van der Waals surface area contributed by atoms with Crippen LogP contribution in [0.25, 0.3) is 0 Å². The highest BCUT2D eigenvalue weighted by Gasteiger charge is 2.70. The van der Waals surface area contributed by atoms with Gasteiger partial charge in [0, 0.05) is 10.4 Å². The van der Waals surface area contributed by atoms with Crippen molar-refractivity contribution in [3.05, 3.63) is 46.0 Å². The summed E-state index contributed by atoms with van der Waals surface area (Å²) in [6.07, 6.45) is 10.9. The molecule has 6 rings (SSSR count). The average Bonchev–Trinajstić information content (AvgIpc) is 2.91. The lowest BCUT2D eigenvalue weighted by Crippen LogP contribution is -2.66. The fraction of sp³-hybridized carbons (Fsp3) is 0.730. The van der Waals surface area contributed by atoms with Crippen molar-refractivity contribution in [1.82, 2.24) is 0 Å². The number of carbonyl (C=O) groups is 2. The van der Waals surface area contributed by atoms with Gasteiger partial charge in [-0.1, -0.05) is 75.2 Å². The molecule has 5 aliphatic carbocycles. The van der Waals surface area contributed by atoms with Gasteiger partial charge in [-0.05, 0) is 127 Å². The summed E-state index contributed by atoms with van der Waals surface area (Å²) in [6, 6.07) is 8.40. The zero-order chi connectivity index (χ0) is 30.5. The van der Waals surface area contributed by atoms with Crippen molar-refractivity contribution in [2.75, 3.05) is 0 Å². The first-order chi connectivity index (χ1) is 19.5. The summed E-state index contributed by atoms with van der Waals surface area (Å²) in [5.74, 6) is 0.195. The van der Waals surface area contributed by atoms with Crippen LogP contribution in [0.4, 0.5) is 0 Å². The van der Waals surface area contributed by atoms with Gasteiger partial charge < -0.3 is 9.84 Å². The van der Waals surface area contributed by atoms with E-state index in [2.05, 4.69) is 87.8 Å². The molecule has 0 saturated heterocycles. The van der Waals surface area contributed by atoms with Crippen molar-refractivity contribution in [2.45, 2.75) is 119 Å². The third-order valence-electron chi connectivity index (χ3n) is 14.4. The predicted molar refractivity (Wildman–Crippen MR) is 170 cm³/mol. The maximum absolute atomic E-state index is 14.6. The molecule has 4 saturated carbocycles. The third-order valence-corrected chi connectivity index (χ3v) is 14.9. The van der Waals surface area contributed by atoms with Gasteiger partial charge >= 0.3 is 5.97 Å². The van der Waals surface area contributed by atoms with Gasteiger partial charge in [-0.15, -0.1) is 0 Å². The summed E-state index contributed by atoms with van der Waals surface area (Å²) in [5, 5.41) is 10.2. The highest BCUT2D eigenvalue weighted by Crippen LogP contribution is 2.75. The quantitative estimate of drug-likeness (QED) is 0.357. The van der Waals surface area contributed by atoms with E-state index in [1.165, 1.54) is 11.1 Å². The monoisotopic (exact) mass is 638 g/mol. The van der Waals surface area contributed by atoms with Crippen LogP contribution in [0, 0.1) is 50.2 Å². The van der Waals surface area contributed by atoms with Gasteiger partial charge in [0.15, 0.2) is 5.78 Å². The Morgan fingerprint density at radius 3 is 2.26 bits per heavy atom. The molecule has 5 heteroatoms. The molecule has 230 valence electrons. The number of carboxylic acids is 1. The van der Waals surface area contributed by atoms with E-state index in [0.717, 1.165) is 55.8 Å². The van der Waals surface area contributed by atoms with Crippen LogP contribution in [0.1, 0.15) is 112 Å². The molecular weight excluding hydrogens is 588 g/mol. The molecule has 1 N–H and O–H groups in total. The number of carbonyl (C=O) groups excluding carboxylic acids is 1. The van der Waals surface area contributed by atoms with Gasteiger partial charge in [0.25, 0.3) is 0 Å². The van der Waals surface area contributed by atoms with E-state index in [1.54, 1.807) is 0 Å². The molecule has 0 amide bonds. The zero-order valence-electron chi connectivity index (χ0n) is 26.8. The lowest BCUT2D eigenvalue weighted by Gasteiger charge is -2.70. The largest absolute Gasteiger partial charge is 0.481 e. The van der Waals surface area contributed by atoms with Crippen molar-refractivity contribution < 1.29 is 19.4 Å². The molecule has 0 aromatic heterocycles. The van der Waals surface area contributed by atoms with Crippen LogP contribution in [0.5, 0.6) is 0 Å². The Balaban J connectivity index is 1.32. The number of halogens is 1. The first-order valence-corrected chi connectivity index (χ1v) is 17.1. The zero-order valence-corrected chi connectivity index (χ0v) is 28.4. The lowest BCUT2D eigenvalue weighted by molar-refractivity contribution is -0.211. The van der Waals surface area contributed by atoms with Crippen molar-refractivity contribution in [1.29, 1.82) is 0 Å². The minimum atomic E-state index is -0.716. The molecule has 5 aliphatic rings. The second-order valence-corrected chi connectivity index (χ2v) is 17.8. The molecule has 0 heterocycles. The minimum Gasteiger partial charge on any atom is -0.481 e. The number of carboxylic acid groups (broad SMARTS) is 1. The fourth-order valence-corrected chi connectivity index (χ4v) is 11.7. The number of ketones is 1. The second-order valence-electron chi connectivity index (χ2n) is 16.8. The molecule has 1 aromatic rings.